The van der Waals surface area contributed by atoms with Gasteiger partial charge in [-0.15, -0.1) is 0 Å². The summed E-state index contributed by atoms with van der Waals surface area (Å²) in [5.41, 5.74) is 0.569. The third kappa shape index (κ3) is 3.31. The van der Waals surface area contributed by atoms with Crippen molar-refractivity contribution in [3.63, 3.8) is 0 Å². The summed E-state index contributed by atoms with van der Waals surface area (Å²) in [4.78, 5) is 14.2. The van der Waals surface area contributed by atoms with Crippen LogP contribution >= 0.6 is 11.6 Å². The van der Waals surface area contributed by atoms with Crippen LogP contribution in [0.25, 0.3) is 0 Å². The number of halogens is 1. The monoisotopic (exact) mass is 371 g/mol. The van der Waals surface area contributed by atoms with E-state index in [-0.39, 0.29) is 16.8 Å². The molecule has 2 aliphatic heterocycles. The van der Waals surface area contributed by atoms with Gasteiger partial charge in [-0.05, 0) is 37.5 Å². The average Bonchev–Trinajstić information content (AvgIpc) is 2.58. The van der Waals surface area contributed by atoms with E-state index in [1.165, 1.54) is 4.31 Å². The Bertz CT molecular complexity index is 738. The number of sulfonamides is 1. The van der Waals surface area contributed by atoms with Crippen LogP contribution in [0.1, 0.15) is 18.4 Å². The molecule has 8 heteroatoms. The van der Waals surface area contributed by atoms with Gasteiger partial charge >= 0.3 is 0 Å². The van der Waals surface area contributed by atoms with Crippen LogP contribution < -0.4 is 5.32 Å². The maximum absolute atomic E-state index is 13.0. The highest BCUT2D eigenvalue weighted by atomic mass is 35.5. The first-order valence-electron chi connectivity index (χ1n) is 8.16. The average molecular weight is 372 g/mol. The number of nitrogens with one attached hydrogen (secondary N) is 1. The number of hydrogen-bond donors (Lipinski definition) is 1. The highest BCUT2D eigenvalue weighted by Gasteiger charge is 2.35. The minimum Gasteiger partial charge on any atom is -0.336 e. The van der Waals surface area contributed by atoms with Crippen molar-refractivity contribution in [1.29, 1.82) is 0 Å². The van der Waals surface area contributed by atoms with E-state index >= 15 is 0 Å². The maximum Gasteiger partial charge on any atom is 0.243 e. The molecule has 2 aliphatic rings. The highest BCUT2D eigenvalue weighted by Crippen LogP contribution is 2.28. The third-order valence-electron chi connectivity index (χ3n) is 4.76. The van der Waals surface area contributed by atoms with Crippen LogP contribution in [0.5, 0.6) is 0 Å². The van der Waals surface area contributed by atoms with Crippen LogP contribution in [0.4, 0.5) is 0 Å². The molecule has 1 atom stereocenters. The lowest BCUT2D eigenvalue weighted by molar-refractivity contribution is -0.135. The number of piperazine rings is 1. The molecule has 2 heterocycles. The molecule has 6 nitrogen and oxygen atoms in total. The molecule has 0 aromatic heterocycles. The van der Waals surface area contributed by atoms with Gasteiger partial charge in [-0.25, -0.2) is 8.42 Å². The minimum absolute atomic E-state index is 0.0458. The van der Waals surface area contributed by atoms with E-state index in [4.69, 9.17) is 11.6 Å². The standard InChI is InChI=1S/C16H22ClN3O3S/c1-12-14(17)5-2-6-15(12)24(22,23)19-8-3-4-13(11-19)20-9-7-18-10-16(20)21/h2,5-6,13,18H,3-4,7-11H2,1H3. The Morgan fingerprint density at radius 3 is 2.83 bits per heavy atom. The number of carbonyl (C=O) groups excluding carboxylic acids is 1. The number of amides is 1. The Morgan fingerprint density at radius 2 is 2.08 bits per heavy atom. The molecule has 1 amide bonds. The summed E-state index contributed by atoms with van der Waals surface area (Å²) in [5.74, 6) is 0.0458. The Balaban J connectivity index is 1.83. The number of rotatable bonds is 3. The highest BCUT2D eigenvalue weighted by molar-refractivity contribution is 7.89. The van der Waals surface area contributed by atoms with Crippen LogP contribution in [0, 0.1) is 6.92 Å². The van der Waals surface area contributed by atoms with Crippen molar-refractivity contribution in [3.8, 4) is 0 Å². The molecule has 24 heavy (non-hydrogen) atoms. The summed E-state index contributed by atoms with van der Waals surface area (Å²) in [6.07, 6.45) is 1.59. The van der Waals surface area contributed by atoms with Crippen LogP contribution in [0.2, 0.25) is 5.02 Å². The molecule has 1 unspecified atom stereocenters. The first-order valence-corrected chi connectivity index (χ1v) is 9.98. The van der Waals surface area contributed by atoms with Crippen molar-refractivity contribution in [2.24, 2.45) is 0 Å². The zero-order chi connectivity index (χ0) is 17.3. The van der Waals surface area contributed by atoms with Crippen molar-refractivity contribution < 1.29 is 13.2 Å². The Kier molecular flexibility index (Phi) is 5.15. The fourth-order valence-electron chi connectivity index (χ4n) is 3.41. The maximum atomic E-state index is 13.0. The summed E-state index contributed by atoms with van der Waals surface area (Å²) >= 11 is 6.09. The van der Waals surface area contributed by atoms with Crippen molar-refractivity contribution in [3.05, 3.63) is 28.8 Å². The SMILES string of the molecule is Cc1c(Cl)cccc1S(=O)(=O)N1CCCC(N2CCNCC2=O)C1. The molecular formula is C16H22ClN3O3S. The van der Waals surface area contributed by atoms with Gasteiger partial charge in [0.2, 0.25) is 15.9 Å². The van der Waals surface area contributed by atoms with Gasteiger partial charge in [-0.2, -0.15) is 4.31 Å². The molecule has 0 radical (unpaired) electrons. The van der Waals surface area contributed by atoms with Gasteiger partial charge in [0.15, 0.2) is 0 Å². The molecule has 0 aliphatic carbocycles. The van der Waals surface area contributed by atoms with Crippen LogP contribution in [-0.4, -0.2) is 62.3 Å². The quantitative estimate of drug-likeness (QED) is 0.867. The predicted octanol–water partition coefficient (Wildman–Crippen LogP) is 1.23. The first-order chi connectivity index (χ1) is 11.4. The second-order valence-corrected chi connectivity index (χ2v) is 8.60. The van der Waals surface area contributed by atoms with E-state index in [0.29, 0.717) is 36.8 Å². The summed E-state index contributed by atoms with van der Waals surface area (Å²) in [6.45, 7) is 4.26. The minimum atomic E-state index is -3.61. The second-order valence-electron chi connectivity index (χ2n) is 6.29. The topological polar surface area (TPSA) is 69.7 Å². The Morgan fingerprint density at radius 1 is 1.29 bits per heavy atom. The molecule has 132 valence electrons. The van der Waals surface area contributed by atoms with Crippen molar-refractivity contribution >= 4 is 27.5 Å². The fourth-order valence-corrected chi connectivity index (χ4v) is 5.40. The van der Waals surface area contributed by atoms with E-state index in [2.05, 4.69) is 5.32 Å². The molecule has 0 bridgehead atoms. The van der Waals surface area contributed by atoms with Crippen molar-refractivity contribution in [2.75, 3.05) is 32.7 Å². The van der Waals surface area contributed by atoms with Crippen molar-refractivity contribution in [2.45, 2.75) is 30.7 Å². The Hall–Kier alpha value is -1.15. The molecule has 1 aromatic rings. The van der Waals surface area contributed by atoms with E-state index in [0.717, 1.165) is 19.4 Å². The van der Waals surface area contributed by atoms with Crippen molar-refractivity contribution in [1.82, 2.24) is 14.5 Å². The zero-order valence-corrected chi connectivity index (χ0v) is 15.2. The number of piperidine rings is 1. The second kappa shape index (κ2) is 7.00. The molecule has 2 saturated heterocycles. The summed E-state index contributed by atoms with van der Waals surface area (Å²) in [5, 5.41) is 3.49. The van der Waals surface area contributed by atoms with Gasteiger partial charge < -0.3 is 10.2 Å². The van der Waals surface area contributed by atoms with Gasteiger partial charge in [0.1, 0.15) is 0 Å². The number of hydrogen-bond acceptors (Lipinski definition) is 4. The molecule has 2 fully saturated rings. The molecular weight excluding hydrogens is 350 g/mol. The van der Waals surface area contributed by atoms with Gasteiger partial charge in [0, 0.05) is 37.2 Å². The van der Waals surface area contributed by atoms with E-state index in [1.807, 2.05) is 4.90 Å². The lowest BCUT2D eigenvalue weighted by Crippen LogP contribution is -2.57. The lowest BCUT2D eigenvalue weighted by atomic mass is 10.1. The van der Waals surface area contributed by atoms with Gasteiger partial charge in [0.25, 0.3) is 0 Å². The Labute approximate surface area is 147 Å². The molecule has 3 rings (SSSR count). The first kappa shape index (κ1) is 17.7. The normalized spacial score (nSPS) is 23.5. The van der Waals surface area contributed by atoms with Gasteiger partial charge in [0.05, 0.1) is 11.4 Å². The van der Waals surface area contributed by atoms with Gasteiger partial charge in [-0.1, -0.05) is 17.7 Å². The summed E-state index contributed by atoms with van der Waals surface area (Å²) < 4.78 is 27.5. The predicted molar refractivity (Wildman–Crippen MR) is 92.6 cm³/mol. The van der Waals surface area contributed by atoms with E-state index in [9.17, 15) is 13.2 Å². The smallest absolute Gasteiger partial charge is 0.243 e. The van der Waals surface area contributed by atoms with Crippen LogP contribution in [0.15, 0.2) is 23.1 Å². The number of nitrogens with zero attached hydrogens (tertiary/aromatic N) is 2. The summed E-state index contributed by atoms with van der Waals surface area (Å²) in [6, 6.07) is 4.89. The molecule has 1 N–H and O–H groups in total. The molecule has 0 spiro atoms. The van der Waals surface area contributed by atoms with Crippen LogP contribution in [-0.2, 0) is 14.8 Å². The van der Waals surface area contributed by atoms with E-state index < -0.39 is 10.0 Å². The largest absolute Gasteiger partial charge is 0.336 e. The molecule has 0 saturated carbocycles. The summed E-state index contributed by atoms with van der Waals surface area (Å²) in [7, 11) is -3.61. The zero-order valence-electron chi connectivity index (χ0n) is 13.7. The van der Waals surface area contributed by atoms with E-state index in [1.54, 1.807) is 25.1 Å². The number of benzene rings is 1. The lowest BCUT2D eigenvalue weighted by Gasteiger charge is -2.40. The number of carbonyl (C=O) groups is 1. The fraction of sp³-hybridized carbons (Fsp3) is 0.562. The third-order valence-corrected chi connectivity index (χ3v) is 7.18. The van der Waals surface area contributed by atoms with Crippen LogP contribution in [0.3, 0.4) is 0 Å². The molecule has 1 aromatic carbocycles. The van der Waals surface area contributed by atoms with Gasteiger partial charge in [-0.3, -0.25) is 4.79 Å².